The second-order valence-corrected chi connectivity index (χ2v) is 5.05. The molecule has 23 heavy (non-hydrogen) atoms. The lowest BCUT2D eigenvalue weighted by Crippen LogP contribution is -2.05. The second-order valence-electron chi connectivity index (χ2n) is 5.05. The maximum Gasteiger partial charge on any atom is 0.218 e. The Hall–Kier alpha value is -3.13. The molecule has 0 fully saturated rings. The third kappa shape index (κ3) is 3.38. The van der Waals surface area contributed by atoms with Crippen molar-refractivity contribution in [3.05, 3.63) is 71.5 Å². The minimum absolute atomic E-state index is 0.452. The van der Waals surface area contributed by atoms with Crippen molar-refractivity contribution in [2.24, 2.45) is 0 Å². The van der Waals surface area contributed by atoms with Crippen LogP contribution in [0, 0.1) is 11.3 Å². The first-order chi connectivity index (χ1) is 11.3. The standard InChI is InChI=1S/C18H16N4O/c1-2-14-3-5-15(6-4-14)13-23-18-8-10-21-22(18)17-11-16(12-19)7-9-20-17/h3-11H,2,13H2,1H3. The molecule has 0 aliphatic carbocycles. The first kappa shape index (κ1) is 14.8. The average Bonchev–Trinajstić information content (AvgIpc) is 3.09. The highest BCUT2D eigenvalue weighted by molar-refractivity contribution is 5.37. The quantitative estimate of drug-likeness (QED) is 0.725. The van der Waals surface area contributed by atoms with Gasteiger partial charge in [0.2, 0.25) is 5.88 Å². The van der Waals surface area contributed by atoms with Crippen LogP contribution in [0.3, 0.4) is 0 Å². The third-order valence-electron chi connectivity index (χ3n) is 3.52. The number of hydrogen-bond donors (Lipinski definition) is 0. The number of aryl methyl sites for hydroxylation is 1. The zero-order valence-corrected chi connectivity index (χ0v) is 12.8. The van der Waals surface area contributed by atoms with E-state index in [2.05, 4.69) is 47.3 Å². The van der Waals surface area contributed by atoms with Crippen molar-refractivity contribution in [2.45, 2.75) is 20.0 Å². The van der Waals surface area contributed by atoms with E-state index in [1.165, 1.54) is 5.56 Å². The lowest BCUT2D eigenvalue weighted by atomic mass is 10.1. The van der Waals surface area contributed by atoms with Gasteiger partial charge in [-0.2, -0.15) is 15.0 Å². The summed E-state index contributed by atoms with van der Waals surface area (Å²) in [4.78, 5) is 4.24. The molecule has 0 saturated heterocycles. The van der Waals surface area contributed by atoms with E-state index in [-0.39, 0.29) is 0 Å². The number of ether oxygens (including phenoxy) is 1. The Labute approximate surface area is 134 Å². The summed E-state index contributed by atoms with van der Waals surface area (Å²) in [7, 11) is 0. The number of nitriles is 1. The highest BCUT2D eigenvalue weighted by atomic mass is 16.5. The van der Waals surface area contributed by atoms with E-state index in [1.807, 2.05) is 0 Å². The molecule has 2 aromatic heterocycles. The van der Waals surface area contributed by atoms with Crippen LogP contribution in [0.5, 0.6) is 5.88 Å². The second kappa shape index (κ2) is 6.75. The topological polar surface area (TPSA) is 63.7 Å². The molecule has 0 aliphatic heterocycles. The van der Waals surface area contributed by atoms with Crippen molar-refractivity contribution in [3.8, 4) is 17.8 Å². The fourth-order valence-corrected chi connectivity index (χ4v) is 2.20. The van der Waals surface area contributed by atoms with Crippen molar-refractivity contribution in [1.82, 2.24) is 14.8 Å². The number of hydrogen-bond acceptors (Lipinski definition) is 4. The summed E-state index contributed by atoms with van der Waals surface area (Å²) < 4.78 is 7.43. The number of pyridine rings is 1. The van der Waals surface area contributed by atoms with Gasteiger partial charge in [-0.15, -0.1) is 0 Å². The molecule has 1 aromatic carbocycles. The first-order valence-corrected chi connectivity index (χ1v) is 7.41. The van der Waals surface area contributed by atoms with Crippen LogP contribution in [0.4, 0.5) is 0 Å². The van der Waals surface area contributed by atoms with E-state index in [1.54, 1.807) is 35.3 Å². The molecular formula is C18H16N4O. The van der Waals surface area contributed by atoms with Crippen LogP contribution >= 0.6 is 0 Å². The molecule has 0 bridgehead atoms. The van der Waals surface area contributed by atoms with Crippen molar-refractivity contribution >= 4 is 0 Å². The number of aromatic nitrogens is 3. The Bertz CT molecular complexity index is 831. The van der Waals surface area contributed by atoms with Crippen molar-refractivity contribution < 1.29 is 4.74 Å². The highest BCUT2D eigenvalue weighted by Crippen LogP contribution is 2.17. The summed E-state index contributed by atoms with van der Waals surface area (Å²) in [6.45, 7) is 2.58. The molecule has 3 aromatic rings. The fourth-order valence-electron chi connectivity index (χ4n) is 2.20. The van der Waals surface area contributed by atoms with E-state index >= 15 is 0 Å². The smallest absolute Gasteiger partial charge is 0.218 e. The van der Waals surface area contributed by atoms with Gasteiger partial charge in [-0.25, -0.2) is 4.98 Å². The molecule has 0 radical (unpaired) electrons. The van der Waals surface area contributed by atoms with Gasteiger partial charge >= 0.3 is 0 Å². The minimum Gasteiger partial charge on any atom is -0.473 e. The molecule has 0 saturated carbocycles. The molecule has 0 spiro atoms. The Morgan fingerprint density at radius 3 is 2.61 bits per heavy atom. The summed E-state index contributed by atoms with van der Waals surface area (Å²) in [6.07, 6.45) is 4.26. The number of nitrogens with zero attached hydrogens (tertiary/aromatic N) is 4. The Kier molecular flexibility index (Phi) is 4.34. The monoisotopic (exact) mass is 304 g/mol. The molecule has 0 N–H and O–H groups in total. The molecule has 2 heterocycles. The van der Waals surface area contributed by atoms with Gasteiger partial charge in [0.05, 0.1) is 17.8 Å². The maximum atomic E-state index is 8.98. The van der Waals surface area contributed by atoms with Crippen LogP contribution in [-0.2, 0) is 13.0 Å². The Morgan fingerprint density at radius 1 is 1.09 bits per heavy atom. The zero-order valence-electron chi connectivity index (χ0n) is 12.8. The summed E-state index contributed by atoms with van der Waals surface area (Å²) in [5.74, 6) is 1.15. The van der Waals surface area contributed by atoms with E-state index in [9.17, 15) is 0 Å². The van der Waals surface area contributed by atoms with E-state index in [0.717, 1.165) is 12.0 Å². The van der Waals surface area contributed by atoms with Crippen molar-refractivity contribution in [3.63, 3.8) is 0 Å². The largest absolute Gasteiger partial charge is 0.473 e. The van der Waals surface area contributed by atoms with E-state index in [0.29, 0.717) is 23.9 Å². The predicted molar refractivity (Wildman–Crippen MR) is 86.2 cm³/mol. The van der Waals surface area contributed by atoms with Crippen LogP contribution in [0.2, 0.25) is 0 Å². The third-order valence-corrected chi connectivity index (χ3v) is 3.52. The molecule has 3 rings (SSSR count). The molecule has 114 valence electrons. The highest BCUT2D eigenvalue weighted by Gasteiger charge is 2.08. The van der Waals surface area contributed by atoms with Gasteiger partial charge in [-0.3, -0.25) is 0 Å². The number of rotatable bonds is 5. The van der Waals surface area contributed by atoms with Gasteiger partial charge in [0.25, 0.3) is 0 Å². The van der Waals surface area contributed by atoms with Crippen LogP contribution < -0.4 is 4.74 Å². The molecule has 5 heteroatoms. The van der Waals surface area contributed by atoms with Gasteiger partial charge in [0.15, 0.2) is 5.82 Å². The van der Waals surface area contributed by atoms with Crippen molar-refractivity contribution in [1.29, 1.82) is 5.26 Å². The SMILES string of the molecule is CCc1ccc(COc2ccnn2-c2cc(C#N)ccn2)cc1. The molecule has 0 aliphatic rings. The predicted octanol–water partition coefficient (Wildman–Crippen LogP) is 3.28. The Morgan fingerprint density at radius 2 is 1.87 bits per heavy atom. The molecule has 5 nitrogen and oxygen atoms in total. The van der Waals surface area contributed by atoms with Crippen LogP contribution in [0.15, 0.2) is 54.9 Å². The number of benzene rings is 1. The van der Waals surface area contributed by atoms with E-state index in [4.69, 9.17) is 10.00 Å². The van der Waals surface area contributed by atoms with Gasteiger partial charge in [0.1, 0.15) is 6.61 Å². The van der Waals surface area contributed by atoms with Crippen LogP contribution in [0.1, 0.15) is 23.6 Å². The zero-order chi connectivity index (χ0) is 16.1. The molecular weight excluding hydrogens is 288 g/mol. The summed E-state index contributed by atoms with van der Waals surface area (Å²) in [5, 5.41) is 13.2. The van der Waals surface area contributed by atoms with Crippen LogP contribution in [0.25, 0.3) is 5.82 Å². The molecule has 0 amide bonds. The minimum atomic E-state index is 0.452. The summed E-state index contributed by atoms with van der Waals surface area (Å²) in [6, 6.07) is 15.5. The Balaban J connectivity index is 1.76. The van der Waals surface area contributed by atoms with Gasteiger partial charge < -0.3 is 4.74 Å². The maximum absolute atomic E-state index is 8.98. The average molecular weight is 304 g/mol. The molecule has 0 unspecified atom stereocenters. The lowest BCUT2D eigenvalue weighted by Gasteiger charge is -2.09. The normalized spacial score (nSPS) is 10.3. The van der Waals surface area contributed by atoms with Gasteiger partial charge in [-0.1, -0.05) is 31.2 Å². The first-order valence-electron chi connectivity index (χ1n) is 7.41. The fraction of sp³-hybridized carbons (Fsp3) is 0.167. The van der Waals surface area contributed by atoms with E-state index < -0.39 is 0 Å². The lowest BCUT2D eigenvalue weighted by molar-refractivity contribution is 0.284. The summed E-state index contributed by atoms with van der Waals surface area (Å²) >= 11 is 0. The summed E-state index contributed by atoms with van der Waals surface area (Å²) in [5.41, 5.74) is 2.93. The van der Waals surface area contributed by atoms with Gasteiger partial charge in [0, 0.05) is 18.3 Å². The van der Waals surface area contributed by atoms with Crippen molar-refractivity contribution in [2.75, 3.05) is 0 Å². The van der Waals surface area contributed by atoms with Crippen LogP contribution in [-0.4, -0.2) is 14.8 Å². The van der Waals surface area contributed by atoms with Gasteiger partial charge in [-0.05, 0) is 23.6 Å². The molecule has 0 atom stereocenters.